The molecule has 0 aliphatic carbocycles. The molecule has 24 heavy (non-hydrogen) atoms. The molecule has 1 aromatic carbocycles. The van der Waals surface area contributed by atoms with E-state index < -0.39 is 11.7 Å². The minimum Gasteiger partial charge on any atom is -0.467 e. The van der Waals surface area contributed by atoms with Gasteiger partial charge in [-0.3, -0.25) is 0 Å². The third kappa shape index (κ3) is 3.77. The van der Waals surface area contributed by atoms with E-state index in [-0.39, 0.29) is 17.2 Å². The van der Waals surface area contributed by atoms with Crippen molar-refractivity contribution in [2.75, 3.05) is 19.1 Å². The lowest BCUT2D eigenvalue weighted by molar-refractivity contribution is -0.137. The van der Waals surface area contributed by atoms with E-state index in [4.69, 9.17) is 4.74 Å². The normalized spacial score (nSPS) is 12.2. The van der Waals surface area contributed by atoms with Gasteiger partial charge >= 0.3 is 12.2 Å². The Labute approximate surface area is 139 Å². The molecule has 2 aromatic rings. The Bertz CT molecular complexity index is 707. The molecular formula is C17H20F3N3O. The number of hydrogen-bond donors (Lipinski definition) is 0. The van der Waals surface area contributed by atoms with Crippen molar-refractivity contribution in [3.8, 4) is 6.01 Å². The molecule has 7 heteroatoms. The fourth-order valence-electron chi connectivity index (χ4n) is 2.22. The number of methoxy groups -OCH3 is 1. The summed E-state index contributed by atoms with van der Waals surface area (Å²) >= 11 is 0. The number of halogens is 3. The molecule has 0 atom stereocenters. The molecule has 4 nitrogen and oxygen atoms in total. The van der Waals surface area contributed by atoms with Crippen LogP contribution in [0.2, 0.25) is 0 Å². The summed E-state index contributed by atoms with van der Waals surface area (Å²) in [7, 11) is 2.84. The van der Waals surface area contributed by atoms with Crippen LogP contribution >= 0.6 is 0 Å². The van der Waals surface area contributed by atoms with Gasteiger partial charge in [0.15, 0.2) is 5.82 Å². The van der Waals surface area contributed by atoms with Crippen LogP contribution in [0.1, 0.15) is 31.9 Å². The van der Waals surface area contributed by atoms with Gasteiger partial charge in [-0.1, -0.05) is 32.9 Å². The number of benzene rings is 1. The number of ether oxygens (including phenoxy) is 1. The monoisotopic (exact) mass is 339 g/mol. The highest BCUT2D eigenvalue weighted by Gasteiger charge is 2.36. The Balaban J connectivity index is 2.47. The number of rotatable bonds is 3. The summed E-state index contributed by atoms with van der Waals surface area (Å²) in [5.41, 5.74) is 0.739. The van der Waals surface area contributed by atoms with Gasteiger partial charge in [-0.2, -0.15) is 18.2 Å². The minimum atomic E-state index is -4.55. The first-order valence-corrected chi connectivity index (χ1v) is 7.36. The largest absolute Gasteiger partial charge is 0.467 e. The lowest BCUT2D eigenvalue weighted by atomic mass is 9.87. The van der Waals surface area contributed by atoms with Crippen LogP contribution in [0.15, 0.2) is 30.5 Å². The van der Waals surface area contributed by atoms with Crippen molar-refractivity contribution >= 4 is 11.5 Å². The number of alkyl halides is 3. The summed E-state index contributed by atoms with van der Waals surface area (Å²) in [4.78, 5) is 8.82. The van der Waals surface area contributed by atoms with Crippen LogP contribution in [0, 0.1) is 0 Å². The minimum absolute atomic E-state index is 0.0353. The summed E-state index contributed by atoms with van der Waals surface area (Å²) in [6, 6.07) is 7.23. The second-order valence-corrected chi connectivity index (χ2v) is 6.45. The van der Waals surface area contributed by atoms with Crippen LogP contribution in [0.5, 0.6) is 6.01 Å². The Morgan fingerprint density at radius 1 is 1.04 bits per heavy atom. The van der Waals surface area contributed by atoms with E-state index in [2.05, 4.69) is 30.7 Å². The van der Waals surface area contributed by atoms with E-state index in [9.17, 15) is 13.2 Å². The standard InChI is InChI=1S/C17H20F3N3O/c1-16(2,3)11-6-8-12(9-7-11)23(4)14-13(17(18,19)20)10-21-15(22-14)24-5/h6-10H,1-5H3. The average Bonchev–Trinajstić information content (AvgIpc) is 2.52. The zero-order valence-electron chi connectivity index (χ0n) is 14.3. The molecule has 0 fully saturated rings. The van der Waals surface area contributed by atoms with Crippen molar-refractivity contribution in [2.24, 2.45) is 0 Å². The first-order valence-electron chi connectivity index (χ1n) is 7.36. The van der Waals surface area contributed by atoms with Gasteiger partial charge in [0, 0.05) is 18.9 Å². The quantitative estimate of drug-likeness (QED) is 0.821. The van der Waals surface area contributed by atoms with Crippen molar-refractivity contribution in [1.29, 1.82) is 0 Å². The van der Waals surface area contributed by atoms with Crippen molar-refractivity contribution in [1.82, 2.24) is 9.97 Å². The predicted molar refractivity (Wildman–Crippen MR) is 86.8 cm³/mol. The van der Waals surface area contributed by atoms with E-state index in [0.29, 0.717) is 5.69 Å². The Morgan fingerprint density at radius 3 is 2.08 bits per heavy atom. The average molecular weight is 339 g/mol. The maximum atomic E-state index is 13.2. The molecule has 1 aromatic heterocycles. The SMILES string of the molecule is COc1ncc(C(F)(F)F)c(N(C)c2ccc(C(C)(C)C)cc2)n1. The lowest BCUT2D eigenvalue weighted by Gasteiger charge is -2.24. The summed E-state index contributed by atoms with van der Waals surface area (Å²) in [6.45, 7) is 6.22. The van der Waals surface area contributed by atoms with Crippen LogP contribution in [-0.4, -0.2) is 24.1 Å². The lowest BCUT2D eigenvalue weighted by Crippen LogP contribution is -2.19. The second-order valence-electron chi connectivity index (χ2n) is 6.45. The molecule has 0 radical (unpaired) electrons. The van der Waals surface area contributed by atoms with E-state index in [1.165, 1.54) is 19.1 Å². The third-order valence-corrected chi connectivity index (χ3v) is 3.67. The van der Waals surface area contributed by atoms with E-state index in [1.54, 1.807) is 12.1 Å². The van der Waals surface area contributed by atoms with E-state index >= 15 is 0 Å². The van der Waals surface area contributed by atoms with Crippen LogP contribution in [0.3, 0.4) is 0 Å². The Kier molecular flexibility index (Phi) is 4.73. The highest BCUT2D eigenvalue weighted by molar-refractivity contribution is 5.63. The van der Waals surface area contributed by atoms with Crippen molar-refractivity contribution in [3.63, 3.8) is 0 Å². The zero-order chi connectivity index (χ0) is 18.1. The van der Waals surface area contributed by atoms with Crippen molar-refractivity contribution in [2.45, 2.75) is 32.4 Å². The van der Waals surface area contributed by atoms with Gasteiger partial charge in [0.1, 0.15) is 5.56 Å². The number of nitrogens with zero attached hydrogens (tertiary/aromatic N) is 3. The maximum absolute atomic E-state index is 13.2. The molecule has 0 saturated carbocycles. The van der Waals surface area contributed by atoms with Gasteiger partial charge in [-0.05, 0) is 23.1 Å². The second kappa shape index (κ2) is 6.30. The predicted octanol–water partition coefficient (Wildman–Crippen LogP) is 4.57. The van der Waals surface area contributed by atoms with Crippen molar-refractivity contribution < 1.29 is 17.9 Å². The van der Waals surface area contributed by atoms with Gasteiger partial charge in [0.05, 0.1) is 7.11 Å². The third-order valence-electron chi connectivity index (χ3n) is 3.67. The Hall–Kier alpha value is -2.31. The van der Waals surface area contributed by atoms with Gasteiger partial charge in [-0.15, -0.1) is 0 Å². The molecule has 0 N–H and O–H groups in total. The topological polar surface area (TPSA) is 38.2 Å². The number of anilines is 2. The maximum Gasteiger partial charge on any atom is 0.421 e. The van der Waals surface area contributed by atoms with Gasteiger partial charge in [-0.25, -0.2) is 4.98 Å². The van der Waals surface area contributed by atoms with Crippen LogP contribution < -0.4 is 9.64 Å². The van der Waals surface area contributed by atoms with Crippen LogP contribution in [0.25, 0.3) is 0 Å². The van der Waals surface area contributed by atoms with E-state index in [0.717, 1.165) is 11.8 Å². The van der Waals surface area contributed by atoms with Gasteiger partial charge < -0.3 is 9.64 Å². The molecule has 0 aliphatic rings. The summed E-state index contributed by atoms with van der Waals surface area (Å²) in [5, 5.41) is 0. The van der Waals surface area contributed by atoms with E-state index in [1.807, 2.05) is 12.1 Å². The first kappa shape index (κ1) is 18.0. The molecule has 0 aliphatic heterocycles. The Morgan fingerprint density at radius 2 is 1.62 bits per heavy atom. The summed E-state index contributed by atoms with van der Waals surface area (Å²) in [5.74, 6) is -0.252. The molecule has 0 spiro atoms. The van der Waals surface area contributed by atoms with Gasteiger partial charge in [0.25, 0.3) is 0 Å². The number of hydrogen-bond acceptors (Lipinski definition) is 4. The first-order chi connectivity index (χ1) is 11.0. The van der Waals surface area contributed by atoms with Gasteiger partial charge in [0.2, 0.25) is 0 Å². The fraction of sp³-hybridized carbons (Fsp3) is 0.412. The molecule has 2 rings (SSSR count). The van der Waals surface area contributed by atoms with Crippen LogP contribution in [0.4, 0.5) is 24.7 Å². The molecule has 0 amide bonds. The molecule has 0 unspecified atom stereocenters. The molecule has 0 bridgehead atoms. The fourth-order valence-corrected chi connectivity index (χ4v) is 2.22. The van der Waals surface area contributed by atoms with Crippen molar-refractivity contribution in [3.05, 3.63) is 41.6 Å². The highest BCUT2D eigenvalue weighted by atomic mass is 19.4. The smallest absolute Gasteiger partial charge is 0.421 e. The molecular weight excluding hydrogens is 319 g/mol. The summed E-state index contributed by atoms with van der Waals surface area (Å²) < 4.78 is 44.6. The van der Waals surface area contributed by atoms with Crippen LogP contribution in [-0.2, 0) is 11.6 Å². The highest BCUT2D eigenvalue weighted by Crippen LogP contribution is 2.38. The molecule has 0 saturated heterocycles. The molecule has 1 heterocycles. The number of aromatic nitrogens is 2. The molecule has 130 valence electrons. The summed E-state index contributed by atoms with van der Waals surface area (Å²) in [6.07, 6.45) is -3.82. The zero-order valence-corrected chi connectivity index (χ0v) is 14.3.